The second kappa shape index (κ2) is 4.09. The highest BCUT2D eigenvalue weighted by Gasteiger charge is 2.04. The molecule has 0 bridgehead atoms. The average Bonchev–Trinajstić information content (AvgIpc) is 2.15. The van der Waals surface area contributed by atoms with Gasteiger partial charge in [-0.15, -0.1) is 6.42 Å². The summed E-state index contributed by atoms with van der Waals surface area (Å²) in [5.74, 6) is 2.06. The maximum absolute atomic E-state index is 11.1. The minimum Gasteiger partial charge on any atom is -0.338 e. The molecule has 4 nitrogen and oxygen atoms in total. The van der Waals surface area contributed by atoms with E-state index in [1.165, 1.54) is 12.4 Å². The van der Waals surface area contributed by atoms with Crippen molar-refractivity contribution >= 4 is 5.91 Å². The molecule has 60 valence electrons. The fourth-order valence-electron chi connectivity index (χ4n) is 0.627. The van der Waals surface area contributed by atoms with Crippen LogP contribution in [0.15, 0.2) is 18.5 Å². The second-order valence-electron chi connectivity index (χ2n) is 1.96. The maximum Gasteiger partial charge on any atom is 0.289 e. The van der Waals surface area contributed by atoms with E-state index in [1.54, 1.807) is 6.07 Å². The summed E-state index contributed by atoms with van der Waals surface area (Å²) in [7, 11) is 0. The summed E-state index contributed by atoms with van der Waals surface area (Å²) in [5.41, 5.74) is 0. The average molecular weight is 161 g/mol. The van der Waals surface area contributed by atoms with Crippen LogP contribution in [0.1, 0.15) is 10.6 Å². The standard InChI is InChI=1S/C8H7N3O/c1-2-4-11-8(12)7-9-5-3-6-10-7/h1,3,5-6H,4H2,(H,11,12). The van der Waals surface area contributed by atoms with Crippen molar-refractivity contribution < 1.29 is 4.79 Å². The van der Waals surface area contributed by atoms with Gasteiger partial charge < -0.3 is 5.32 Å². The monoisotopic (exact) mass is 161 g/mol. The zero-order valence-electron chi connectivity index (χ0n) is 6.32. The molecule has 1 rings (SSSR count). The number of carbonyl (C=O) groups is 1. The van der Waals surface area contributed by atoms with Crippen LogP contribution in [0.2, 0.25) is 0 Å². The first kappa shape index (κ1) is 8.21. The van der Waals surface area contributed by atoms with Crippen molar-refractivity contribution in [2.24, 2.45) is 0 Å². The number of aromatic nitrogens is 2. The van der Waals surface area contributed by atoms with Gasteiger partial charge in [-0.25, -0.2) is 9.97 Å². The summed E-state index contributed by atoms with van der Waals surface area (Å²) in [6, 6.07) is 1.64. The lowest BCUT2D eigenvalue weighted by atomic mass is 10.5. The van der Waals surface area contributed by atoms with Crippen LogP contribution < -0.4 is 5.32 Å². The molecule has 0 unspecified atom stereocenters. The minimum absolute atomic E-state index is 0.132. The van der Waals surface area contributed by atoms with E-state index in [2.05, 4.69) is 21.2 Å². The largest absolute Gasteiger partial charge is 0.338 e. The van der Waals surface area contributed by atoms with Gasteiger partial charge in [0.05, 0.1) is 6.54 Å². The van der Waals surface area contributed by atoms with E-state index < -0.39 is 0 Å². The van der Waals surface area contributed by atoms with Gasteiger partial charge in [0.25, 0.3) is 5.91 Å². The molecule has 4 heteroatoms. The smallest absolute Gasteiger partial charge is 0.289 e. The van der Waals surface area contributed by atoms with Crippen LogP contribution in [0.4, 0.5) is 0 Å². The van der Waals surface area contributed by atoms with E-state index in [0.29, 0.717) is 0 Å². The summed E-state index contributed by atoms with van der Waals surface area (Å²) in [6.45, 7) is 0.192. The highest BCUT2D eigenvalue weighted by Crippen LogP contribution is 1.85. The molecule has 1 aromatic heterocycles. The molecule has 0 aromatic carbocycles. The number of hydrogen-bond donors (Lipinski definition) is 1. The number of hydrogen-bond acceptors (Lipinski definition) is 3. The van der Waals surface area contributed by atoms with Crippen molar-refractivity contribution in [1.82, 2.24) is 15.3 Å². The molecule has 0 aliphatic rings. The Hall–Kier alpha value is -1.89. The maximum atomic E-state index is 11.1. The topological polar surface area (TPSA) is 54.9 Å². The predicted octanol–water partition coefficient (Wildman–Crippen LogP) is -0.160. The highest BCUT2D eigenvalue weighted by molar-refractivity contribution is 5.90. The van der Waals surface area contributed by atoms with Crippen LogP contribution in [0.5, 0.6) is 0 Å². The van der Waals surface area contributed by atoms with E-state index >= 15 is 0 Å². The normalized spacial score (nSPS) is 8.58. The Bertz CT molecular complexity index is 302. The van der Waals surface area contributed by atoms with Crippen molar-refractivity contribution in [3.05, 3.63) is 24.3 Å². The van der Waals surface area contributed by atoms with Crippen molar-refractivity contribution in [3.63, 3.8) is 0 Å². The highest BCUT2D eigenvalue weighted by atomic mass is 16.2. The number of nitrogens with zero attached hydrogens (tertiary/aromatic N) is 2. The van der Waals surface area contributed by atoms with Crippen LogP contribution in [0, 0.1) is 12.3 Å². The molecule has 1 N–H and O–H groups in total. The molecule has 1 heterocycles. The summed E-state index contributed by atoms with van der Waals surface area (Å²) in [4.78, 5) is 18.6. The molecule has 0 atom stereocenters. The molecular formula is C8H7N3O. The molecule has 0 radical (unpaired) electrons. The van der Waals surface area contributed by atoms with E-state index in [1.807, 2.05) is 0 Å². The fraction of sp³-hybridized carbons (Fsp3) is 0.125. The molecule has 0 spiro atoms. The quantitative estimate of drug-likeness (QED) is 0.613. The molecule has 1 aromatic rings. The number of nitrogens with one attached hydrogen (secondary N) is 1. The van der Waals surface area contributed by atoms with Gasteiger partial charge in [-0.05, 0) is 6.07 Å². The lowest BCUT2D eigenvalue weighted by molar-refractivity contribution is 0.0948. The lowest BCUT2D eigenvalue weighted by Gasteiger charge is -1.97. The summed E-state index contributed by atoms with van der Waals surface area (Å²) in [5, 5.41) is 2.45. The van der Waals surface area contributed by atoms with Gasteiger partial charge in [-0.1, -0.05) is 5.92 Å². The first-order chi connectivity index (χ1) is 5.84. The zero-order chi connectivity index (χ0) is 8.81. The third kappa shape index (κ3) is 2.06. The Kier molecular flexibility index (Phi) is 2.79. The summed E-state index contributed by atoms with van der Waals surface area (Å²) >= 11 is 0. The van der Waals surface area contributed by atoms with Gasteiger partial charge in [-0.2, -0.15) is 0 Å². The first-order valence-electron chi connectivity index (χ1n) is 3.33. The van der Waals surface area contributed by atoms with Crippen molar-refractivity contribution in [2.45, 2.75) is 0 Å². The van der Waals surface area contributed by atoms with E-state index in [9.17, 15) is 4.79 Å². The predicted molar refractivity (Wildman–Crippen MR) is 43.2 cm³/mol. The summed E-state index contributed by atoms with van der Waals surface area (Å²) in [6.07, 6.45) is 7.94. The number of amides is 1. The Morgan fingerprint density at radius 1 is 1.58 bits per heavy atom. The number of terminal acetylenes is 1. The van der Waals surface area contributed by atoms with Crippen LogP contribution in [0.3, 0.4) is 0 Å². The van der Waals surface area contributed by atoms with Gasteiger partial charge in [-0.3, -0.25) is 4.79 Å². The van der Waals surface area contributed by atoms with Crippen molar-refractivity contribution in [1.29, 1.82) is 0 Å². The Morgan fingerprint density at radius 3 is 2.83 bits per heavy atom. The van der Waals surface area contributed by atoms with Gasteiger partial charge in [0.1, 0.15) is 0 Å². The zero-order valence-corrected chi connectivity index (χ0v) is 6.32. The fourth-order valence-corrected chi connectivity index (χ4v) is 0.627. The molecule has 0 saturated carbocycles. The van der Waals surface area contributed by atoms with Crippen molar-refractivity contribution in [3.8, 4) is 12.3 Å². The summed E-state index contributed by atoms with van der Waals surface area (Å²) < 4.78 is 0. The molecule has 0 aliphatic carbocycles. The number of rotatable bonds is 2. The second-order valence-corrected chi connectivity index (χ2v) is 1.96. The van der Waals surface area contributed by atoms with Gasteiger partial charge >= 0.3 is 0 Å². The lowest BCUT2D eigenvalue weighted by Crippen LogP contribution is -2.25. The van der Waals surface area contributed by atoms with Crippen LogP contribution in [0.25, 0.3) is 0 Å². The van der Waals surface area contributed by atoms with E-state index in [-0.39, 0.29) is 18.3 Å². The third-order valence-electron chi connectivity index (χ3n) is 1.12. The van der Waals surface area contributed by atoms with Crippen molar-refractivity contribution in [2.75, 3.05) is 6.54 Å². The third-order valence-corrected chi connectivity index (χ3v) is 1.12. The molecule has 0 fully saturated rings. The van der Waals surface area contributed by atoms with Crippen LogP contribution >= 0.6 is 0 Å². The molecule has 1 amide bonds. The molecule has 0 saturated heterocycles. The van der Waals surface area contributed by atoms with E-state index in [4.69, 9.17) is 6.42 Å². The van der Waals surface area contributed by atoms with Gasteiger partial charge in [0.2, 0.25) is 5.82 Å². The Labute approximate surface area is 70.0 Å². The first-order valence-corrected chi connectivity index (χ1v) is 3.33. The Balaban J connectivity index is 2.61. The van der Waals surface area contributed by atoms with Gasteiger partial charge in [0.15, 0.2) is 0 Å². The SMILES string of the molecule is C#CCNC(=O)c1ncccn1. The molecular weight excluding hydrogens is 154 g/mol. The van der Waals surface area contributed by atoms with Crippen LogP contribution in [-0.2, 0) is 0 Å². The van der Waals surface area contributed by atoms with E-state index in [0.717, 1.165) is 0 Å². The minimum atomic E-state index is -0.353. The molecule has 0 aliphatic heterocycles. The Morgan fingerprint density at radius 2 is 2.25 bits per heavy atom. The van der Waals surface area contributed by atoms with Gasteiger partial charge in [0, 0.05) is 12.4 Å². The molecule has 12 heavy (non-hydrogen) atoms. The number of carbonyl (C=O) groups excluding carboxylic acids is 1. The van der Waals surface area contributed by atoms with Crippen LogP contribution in [-0.4, -0.2) is 22.4 Å².